The average molecular weight is 538 g/mol. The van der Waals surface area contributed by atoms with Crippen LogP contribution in [0.2, 0.25) is 0 Å². The number of fused-ring (bicyclic) bond motifs is 1. The summed E-state index contributed by atoms with van der Waals surface area (Å²) in [6, 6.07) is 9.11. The van der Waals surface area contributed by atoms with Crippen LogP contribution in [-0.2, 0) is 10.2 Å². The number of halogens is 1. The first-order valence-electron chi connectivity index (χ1n) is 10.8. The number of nitrogens with zero attached hydrogens (tertiary/aromatic N) is 3. The predicted octanol–water partition coefficient (Wildman–Crippen LogP) is 4.34. The fourth-order valence-electron chi connectivity index (χ4n) is 3.75. The molecule has 9 heteroatoms. The Kier molecular flexibility index (Phi) is 6.91. The molecule has 1 aromatic carbocycles. The Labute approximate surface area is 211 Å². The topological polar surface area (TPSA) is 108 Å². The normalized spacial score (nSPS) is 21.6. The van der Waals surface area contributed by atoms with Gasteiger partial charge in [0.05, 0.1) is 28.0 Å². The second-order valence-electron chi connectivity index (χ2n) is 8.78. The molecule has 3 atom stereocenters. The Morgan fingerprint density at radius 3 is 2.76 bits per heavy atom. The quantitative estimate of drug-likeness (QED) is 0.549. The lowest BCUT2D eigenvalue weighted by Crippen LogP contribution is -2.38. The fraction of sp³-hybridized carbons (Fsp3) is 0.320. The zero-order chi connectivity index (χ0) is 24.5. The first-order valence-corrected chi connectivity index (χ1v) is 12.6. The van der Waals surface area contributed by atoms with Crippen molar-refractivity contribution >= 4 is 39.5 Å². The van der Waals surface area contributed by atoms with Gasteiger partial charge in [-0.3, -0.25) is 14.6 Å². The molecule has 1 aliphatic carbocycles. The molecule has 34 heavy (non-hydrogen) atoms. The number of alkyl halides is 1. The van der Waals surface area contributed by atoms with Crippen LogP contribution in [0.5, 0.6) is 0 Å². The summed E-state index contributed by atoms with van der Waals surface area (Å²) in [6.45, 7) is 5.57. The molecule has 0 saturated heterocycles. The second kappa shape index (κ2) is 9.72. The maximum atomic E-state index is 13.0. The number of rotatable bonds is 5. The number of nitrogens with one attached hydrogen (secondary N) is 2. The lowest BCUT2D eigenvalue weighted by Gasteiger charge is -2.23. The monoisotopic (exact) mass is 537 g/mol. The van der Waals surface area contributed by atoms with E-state index in [1.165, 1.54) is 11.8 Å². The number of nitriles is 1. The number of amides is 2. The van der Waals surface area contributed by atoms with E-state index in [1.807, 2.05) is 39.0 Å². The third-order valence-electron chi connectivity index (χ3n) is 5.89. The van der Waals surface area contributed by atoms with Gasteiger partial charge in [0.25, 0.3) is 5.91 Å². The lowest BCUT2D eigenvalue weighted by atomic mass is 9.85. The second-order valence-corrected chi connectivity index (χ2v) is 10.9. The van der Waals surface area contributed by atoms with E-state index in [1.54, 1.807) is 30.6 Å². The Hall–Kier alpha value is -2.96. The van der Waals surface area contributed by atoms with Crippen molar-refractivity contribution in [3.05, 3.63) is 76.9 Å². The van der Waals surface area contributed by atoms with Crippen LogP contribution in [0.3, 0.4) is 0 Å². The molecule has 0 saturated carbocycles. The molecular formula is C25H24BrN5O2S. The summed E-state index contributed by atoms with van der Waals surface area (Å²) in [7, 11) is 0. The van der Waals surface area contributed by atoms with E-state index in [0.717, 1.165) is 21.9 Å². The van der Waals surface area contributed by atoms with Gasteiger partial charge in [-0.1, -0.05) is 45.9 Å². The molecule has 0 bridgehead atoms. The molecule has 0 spiro atoms. The van der Waals surface area contributed by atoms with Crippen molar-refractivity contribution in [1.29, 1.82) is 5.26 Å². The van der Waals surface area contributed by atoms with Crippen LogP contribution in [-0.4, -0.2) is 33.1 Å². The van der Waals surface area contributed by atoms with Crippen molar-refractivity contribution in [2.45, 2.75) is 53.8 Å². The van der Waals surface area contributed by atoms with Crippen molar-refractivity contribution in [3.63, 3.8) is 0 Å². The molecule has 1 aliphatic heterocycles. The van der Waals surface area contributed by atoms with Crippen LogP contribution < -0.4 is 10.6 Å². The molecule has 0 fully saturated rings. The van der Waals surface area contributed by atoms with Gasteiger partial charge in [0.2, 0.25) is 5.91 Å². The number of carbonyl (C=O) groups excluding carboxylic acids is 2. The van der Waals surface area contributed by atoms with Crippen LogP contribution in [0.1, 0.15) is 53.6 Å². The van der Waals surface area contributed by atoms with E-state index in [2.05, 4.69) is 42.6 Å². The van der Waals surface area contributed by atoms with Crippen molar-refractivity contribution in [1.82, 2.24) is 20.6 Å². The van der Waals surface area contributed by atoms with E-state index in [0.29, 0.717) is 17.7 Å². The molecule has 1 aromatic heterocycles. The zero-order valence-electron chi connectivity index (χ0n) is 19.0. The van der Waals surface area contributed by atoms with E-state index >= 15 is 0 Å². The predicted molar refractivity (Wildman–Crippen MR) is 134 cm³/mol. The van der Waals surface area contributed by atoms with Crippen LogP contribution in [0, 0.1) is 11.3 Å². The van der Waals surface area contributed by atoms with E-state index < -0.39 is 10.7 Å². The summed E-state index contributed by atoms with van der Waals surface area (Å²) in [5.74, 6) is -0.376. The fourth-order valence-corrected chi connectivity index (χ4v) is 5.88. The van der Waals surface area contributed by atoms with Gasteiger partial charge in [-0.05, 0) is 56.5 Å². The van der Waals surface area contributed by atoms with Gasteiger partial charge in [-0.25, -0.2) is 4.98 Å². The highest BCUT2D eigenvalue weighted by molar-refractivity contribution is 9.09. The highest BCUT2D eigenvalue weighted by atomic mass is 79.9. The lowest BCUT2D eigenvalue weighted by molar-refractivity contribution is -0.119. The summed E-state index contributed by atoms with van der Waals surface area (Å²) in [6.07, 6.45) is 7.74. The van der Waals surface area contributed by atoms with Crippen molar-refractivity contribution in [3.8, 4) is 6.07 Å². The molecule has 2 aliphatic rings. The van der Waals surface area contributed by atoms with Gasteiger partial charge in [0.15, 0.2) is 0 Å². The maximum Gasteiger partial charge on any atom is 0.251 e. The molecule has 7 nitrogen and oxygen atoms in total. The van der Waals surface area contributed by atoms with Gasteiger partial charge in [0.1, 0.15) is 10.3 Å². The Morgan fingerprint density at radius 2 is 2.03 bits per heavy atom. The third kappa shape index (κ3) is 4.93. The number of hydrogen-bond acceptors (Lipinski definition) is 6. The number of thioether (sulfide) groups is 1. The van der Waals surface area contributed by atoms with Crippen LogP contribution >= 0.6 is 27.7 Å². The van der Waals surface area contributed by atoms with Gasteiger partial charge in [0, 0.05) is 23.7 Å². The average Bonchev–Trinajstić information content (AvgIpc) is 3.18. The molecule has 3 unspecified atom stereocenters. The minimum Gasteiger partial charge on any atom is -0.345 e. The molecule has 2 amide bonds. The Balaban J connectivity index is 1.45. The smallest absolute Gasteiger partial charge is 0.251 e. The van der Waals surface area contributed by atoms with Crippen LogP contribution in [0.15, 0.2) is 65.1 Å². The standard InChI is InChI=1S/C25H24BrN5O2S/c1-14-7-8-17(30-22(32)15-5-4-6-16(11-15)25(2,3)13-27)12-18(14)31-23(33)21-19(26)20-24(34-21)29-10-9-28-20/h4-7,9-12,17,19,21H,8H2,1-3H3,(H,30,32)(H,31,33). The largest absolute Gasteiger partial charge is 0.345 e. The van der Waals surface area contributed by atoms with Crippen molar-refractivity contribution < 1.29 is 9.59 Å². The summed E-state index contributed by atoms with van der Waals surface area (Å²) in [5.41, 5.74) is 2.98. The number of carbonyl (C=O) groups is 2. The highest BCUT2D eigenvalue weighted by Crippen LogP contribution is 2.46. The van der Waals surface area contributed by atoms with Crippen molar-refractivity contribution in [2.24, 2.45) is 0 Å². The summed E-state index contributed by atoms with van der Waals surface area (Å²) < 4.78 is 0. The number of hydrogen-bond donors (Lipinski definition) is 2. The Morgan fingerprint density at radius 1 is 1.26 bits per heavy atom. The minimum absolute atomic E-state index is 0.149. The first-order chi connectivity index (χ1) is 16.2. The summed E-state index contributed by atoms with van der Waals surface area (Å²) in [5, 5.41) is 15.8. The molecule has 2 N–H and O–H groups in total. The zero-order valence-corrected chi connectivity index (χ0v) is 21.4. The van der Waals surface area contributed by atoms with Crippen LogP contribution in [0.25, 0.3) is 0 Å². The van der Waals surface area contributed by atoms with Crippen molar-refractivity contribution in [2.75, 3.05) is 0 Å². The Bertz CT molecular complexity index is 1250. The number of benzene rings is 1. The molecule has 4 rings (SSSR count). The maximum absolute atomic E-state index is 13.0. The molecule has 2 heterocycles. The first kappa shape index (κ1) is 24.2. The van der Waals surface area contributed by atoms with Crippen LogP contribution in [0.4, 0.5) is 0 Å². The third-order valence-corrected chi connectivity index (χ3v) is 8.48. The van der Waals surface area contributed by atoms with E-state index in [-0.39, 0.29) is 22.7 Å². The number of aromatic nitrogens is 2. The molecular weight excluding hydrogens is 514 g/mol. The van der Waals surface area contributed by atoms with E-state index in [9.17, 15) is 14.9 Å². The SMILES string of the molecule is CC1=CCC(NC(=O)c2cccc(C(C)(C)C#N)c2)C=C1NC(=O)C1Sc2nccnc2C1Br. The number of allylic oxidation sites excluding steroid dienone is 1. The van der Waals surface area contributed by atoms with E-state index in [4.69, 9.17) is 0 Å². The molecule has 2 aromatic rings. The summed E-state index contributed by atoms with van der Waals surface area (Å²) in [4.78, 5) is 34.4. The highest BCUT2D eigenvalue weighted by Gasteiger charge is 2.39. The van der Waals surface area contributed by atoms with Gasteiger partial charge < -0.3 is 10.6 Å². The molecule has 0 radical (unpaired) electrons. The van der Waals surface area contributed by atoms with Gasteiger partial charge in [-0.2, -0.15) is 5.26 Å². The van der Waals surface area contributed by atoms with Gasteiger partial charge >= 0.3 is 0 Å². The summed E-state index contributed by atoms with van der Waals surface area (Å²) >= 11 is 4.97. The minimum atomic E-state index is -0.686. The molecule has 174 valence electrons. The van der Waals surface area contributed by atoms with Gasteiger partial charge in [-0.15, -0.1) is 0 Å².